The predicted molar refractivity (Wildman–Crippen MR) is 127 cm³/mol. The molecule has 3 aromatic carbocycles. The average Bonchev–Trinajstić information content (AvgIpc) is 2.77. The van der Waals surface area contributed by atoms with Crippen LogP contribution in [-0.2, 0) is 9.84 Å². The standard InChI is InChI=1S/C26H24N2O3S/c1-17-12-13-24-22(14-17)23(15-18(2)27-24)26(29)28-25(19-8-5-4-6-9-19)20-10-7-11-21(16-20)32(3,30)31/h4-16,25H,1-3H3,(H,28,29). The van der Waals surface area contributed by atoms with Gasteiger partial charge in [0.15, 0.2) is 9.84 Å². The number of rotatable bonds is 5. The maximum absolute atomic E-state index is 13.5. The summed E-state index contributed by atoms with van der Waals surface area (Å²) < 4.78 is 24.2. The number of hydrogen-bond acceptors (Lipinski definition) is 4. The van der Waals surface area contributed by atoms with Gasteiger partial charge in [0, 0.05) is 17.3 Å². The molecule has 0 aliphatic carbocycles. The third-order valence-corrected chi connectivity index (χ3v) is 6.48. The van der Waals surface area contributed by atoms with Crippen LogP contribution in [0, 0.1) is 13.8 Å². The quantitative estimate of drug-likeness (QED) is 0.481. The number of benzene rings is 3. The molecule has 4 aromatic rings. The second-order valence-corrected chi connectivity index (χ2v) is 10.0. The van der Waals surface area contributed by atoms with Gasteiger partial charge in [-0.25, -0.2) is 8.42 Å². The summed E-state index contributed by atoms with van der Waals surface area (Å²) in [6.45, 7) is 3.84. The number of pyridine rings is 1. The summed E-state index contributed by atoms with van der Waals surface area (Å²) in [5, 5.41) is 3.90. The van der Waals surface area contributed by atoms with Gasteiger partial charge in [0.05, 0.1) is 22.0 Å². The average molecular weight is 445 g/mol. The molecule has 1 N–H and O–H groups in total. The lowest BCUT2D eigenvalue weighted by atomic mass is 9.97. The fourth-order valence-electron chi connectivity index (χ4n) is 3.80. The molecule has 1 unspecified atom stereocenters. The molecule has 0 radical (unpaired) electrons. The van der Waals surface area contributed by atoms with E-state index in [4.69, 9.17) is 0 Å². The topological polar surface area (TPSA) is 76.1 Å². The van der Waals surface area contributed by atoms with Crippen LogP contribution in [0.2, 0.25) is 0 Å². The molecule has 1 amide bonds. The lowest BCUT2D eigenvalue weighted by Gasteiger charge is -2.21. The minimum absolute atomic E-state index is 0.214. The first-order valence-corrected chi connectivity index (χ1v) is 12.2. The highest BCUT2D eigenvalue weighted by Gasteiger charge is 2.21. The lowest BCUT2D eigenvalue weighted by molar-refractivity contribution is 0.0944. The Hall–Kier alpha value is -3.51. The molecular formula is C26H24N2O3S. The van der Waals surface area contributed by atoms with Crippen molar-refractivity contribution in [3.63, 3.8) is 0 Å². The minimum Gasteiger partial charge on any atom is -0.341 e. The summed E-state index contributed by atoms with van der Waals surface area (Å²) in [7, 11) is -3.38. The molecule has 0 fully saturated rings. The minimum atomic E-state index is -3.38. The Bertz CT molecular complexity index is 1410. The normalized spacial score (nSPS) is 12.5. The molecule has 6 heteroatoms. The van der Waals surface area contributed by atoms with Gasteiger partial charge < -0.3 is 5.32 Å². The lowest BCUT2D eigenvalue weighted by Crippen LogP contribution is -2.29. The molecule has 0 bridgehead atoms. The fourth-order valence-corrected chi connectivity index (χ4v) is 4.47. The number of aromatic nitrogens is 1. The predicted octanol–water partition coefficient (Wildman–Crippen LogP) is 4.77. The third-order valence-electron chi connectivity index (χ3n) is 5.36. The Morgan fingerprint density at radius 2 is 1.59 bits per heavy atom. The van der Waals surface area contributed by atoms with Gasteiger partial charge in [0.2, 0.25) is 0 Å². The van der Waals surface area contributed by atoms with Gasteiger partial charge in [-0.3, -0.25) is 9.78 Å². The van der Waals surface area contributed by atoms with E-state index in [-0.39, 0.29) is 10.8 Å². The summed E-state index contributed by atoms with van der Waals surface area (Å²) in [5.74, 6) is -0.246. The van der Waals surface area contributed by atoms with Gasteiger partial charge in [-0.2, -0.15) is 0 Å². The molecule has 5 nitrogen and oxygen atoms in total. The van der Waals surface area contributed by atoms with Crippen LogP contribution in [0.25, 0.3) is 10.9 Å². The Morgan fingerprint density at radius 1 is 0.875 bits per heavy atom. The molecule has 0 spiro atoms. The summed E-state index contributed by atoms with van der Waals surface area (Å²) in [5.41, 5.74) is 4.64. The number of nitrogens with one attached hydrogen (secondary N) is 1. The second kappa shape index (κ2) is 8.55. The highest BCUT2D eigenvalue weighted by atomic mass is 32.2. The smallest absolute Gasteiger partial charge is 0.252 e. The van der Waals surface area contributed by atoms with Crippen LogP contribution >= 0.6 is 0 Å². The first-order chi connectivity index (χ1) is 15.2. The van der Waals surface area contributed by atoms with Crippen molar-refractivity contribution in [2.24, 2.45) is 0 Å². The SMILES string of the molecule is Cc1ccc2nc(C)cc(C(=O)NC(c3ccccc3)c3cccc(S(C)(=O)=O)c3)c2c1. The molecule has 4 rings (SSSR count). The number of amides is 1. The van der Waals surface area contributed by atoms with Crippen molar-refractivity contribution in [1.82, 2.24) is 10.3 Å². The molecule has 1 heterocycles. The number of hydrogen-bond donors (Lipinski definition) is 1. The molecule has 1 aromatic heterocycles. The van der Waals surface area contributed by atoms with Gasteiger partial charge in [-0.15, -0.1) is 0 Å². The Labute approximate surface area is 188 Å². The van der Waals surface area contributed by atoms with Gasteiger partial charge in [-0.1, -0.05) is 54.1 Å². The van der Waals surface area contributed by atoms with E-state index >= 15 is 0 Å². The van der Waals surface area contributed by atoms with E-state index in [2.05, 4.69) is 10.3 Å². The monoisotopic (exact) mass is 444 g/mol. The van der Waals surface area contributed by atoms with E-state index < -0.39 is 15.9 Å². The highest BCUT2D eigenvalue weighted by molar-refractivity contribution is 7.90. The molecule has 0 aliphatic heterocycles. The van der Waals surface area contributed by atoms with Crippen LogP contribution in [0.1, 0.15) is 38.8 Å². The second-order valence-electron chi connectivity index (χ2n) is 7.99. The number of carbonyl (C=O) groups excluding carboxylic acids is 1. The Morgan fingerprint density at radius 3 is 2.31 bits per heavy atom. The molecule has 0 aliphatic rings. The summed E-state index contributed by atoms with van der Waals surface area (Å²) in [6.07, 6.45) is 1.18. The zero-order valence-electron chi connectivity index (χ0n) is 18.2. The summed E-state index contributed by atoms with van der Waals surface area (Å²) in [6, 6.07) is 23.3. The van der Waals surface area contributed by atoms with Crippen LogP contribution in [0.4, 0.5) is 0 Å². The maximum atomic E-state index is 13.5. The highest BCUT2D eigenvalue weighted by Crippen LogP contribution is 2.26. The number of sulfone groups is 1. The summed E-state index contributed by atoms with van der Waals surface area (Å²) in [4.78, 5) is 18.3. The van der Waals surface area contributed by atoms with E-state index in [0.29, 0.717) is 11.1 Å². The van der Waals surface area contributed by atoms with Crippen molar-refractivity contribution in [2.45, 2.75) is 24.8 Å². The molecule has 1 atom stereocenters. The van der Waals surface area contributed by atoms with E-state index in [1.165, 1.54) is 6.26 Å². The van der Waals surface area contributed by atoms with Crippen LogP contribution < -0.4 is 5.32 Å². The van der Waals surface area contributed by atoms with Gasteiger partial charge in [-0.05, 0) is 55.3 Å². The first kappa shape index (κ1) is 21.7. The first-order valence-electron chi connectivity index (χ1n) is 10.3. The number of nitrogens with zero attached hydrogens (tertiary/aromatic N) is 1. The van der Waals surface area contributed by atoms with Gasteiger partial charge in [0.25, 0.3) is 5.91 Å². The Balaban J connectivity index is 1.81. The molecule has 32 heavy (non-hydrogen) atoms. The largest absolute Gasteiger partial charge is 0.341 e. The number of fused-ring (bicyclic) bond motifs is 1. The van der Waals surface area contributed by atoms with E-state index in [1.807, 2.05) is 68.4 Å². The number of aryl methyl sites for hydroxylation is 2. The van der Waals surface area contributed by atoms with Gasteiger partial charge >= 0.3 is 0 Å². The van der Waals surface area contributed by atoms with Crippen LogP contribution in [0.15, 0.2) is 83.8 Å². The molecule has 0 saturated heterocycles. The maximum Gasteiger partial charge on any atom is 0.252 e. The Kier molecular flexibility index (Phi) is 5.80. The fraction of sp³-hybridized carbons (Fsp3) is 0.154. The third kappa shape index (κ3) is 4.55. The zero-order chi connectivity index (χ0) is 22.9. The van der Waals surface area contributed by atoms with Gasteiger partial charge in [0.1, 0.15) is 0 Å². The van der Waals surface area contributed by atoms with Crippen LogP contribution in [0.3, 0.4) is 0 Å². The van der Waals surface area contributed by atoms with Crippen molar-refractivity contribution in [1.29, 1.82) is 0 Å². The van der Waals surface area contributed by atoms with E-state index in [9.17, 15) is 13.2 Å². The van der Waals surface area contributed by atoms with Crippen molar-refractivity contribution in [3.05, 3.63) is 107 Å². The van der Waals surface area contributed by atoms with Crippen molar-refractivity contribution >= 4 is 26.6 Å². The molecule has 162 valence electrons. The van der Waals surface area contributed by atoms with Crippen molar-refractivity contribution in [3.8, 4) is 0 Å². The molecular weight excluding hydrogens is 420 g/mol. The van der Waals surface area contributed by atoms with Crippen molar-refractivity contribution in [2.75, 3.05) is 6.26 Å². The van der Waals surface area contributed by atoms with E-state index in [1.54, 1.807) is 24.3 Å². The molecule has 0 saturated carbocycles. The zero-order valence-corrected chi connectivity index (χ0v) is 19.0. The summed E-state index contributed by atoms with van der Waals surface area (Å²) >= 11 is 0. The van der Waals surface area contributed by atoms with E-state index in [0.717, 1.165) is 27.7 Å². The van der Waals surface area contributed by atoms with Crippen molar-refractivity contribution < 1.29 is 13.2 Å². The van der Waals surface area contributed by atoms with Crippen LogP contribution in [-0.4, -0.2) is 25.6 Å². The number of carbonyl (C=O) groups is 1. The van der Waals surface area contributed by atoms with Crippen LogP contribution in [0.5, 0.6) is 0 Å².